The van der Waals surface area contributed by atoms with Gasteiger partial charge in [-0.15, -0.1) is 0 Å². The molecule has 1 heterocycles. The fraction of sp³-hybridized carbons (Fsp3) is 0.353. The maximum Gasteiger partial charge on any atom is 0.216 e. The molecule has 0 saturated carbocycles. The molecule has 1 aromatic heterocycles. The third-order valence-corrected chi connectivity index (χ3v) is 4.09. The van der Waals surface area contributed by atoms with E-state index in [1.807, 2.05) is 30.5 Å². The molecular formula is C17H20N4O2S. The minimum atomic E-state index is 0.266. The van der Waals surface area contributed by atoms with Gasteiger partial charge in [0.05, 0.1) is 7.11 Å². The van der Waals surface area contributed by atoms with E-state index in [9.17, 15) is 0 Å². The summed E-state index contributed by atoms with van der Waals surface area (Å²) in [5.41, 5.74) is 0. The second-order valence-corrected chi connectivity index (χ2v) is 5.92. The van der Waals surface area contributed by atoms with E-state index in [0.29, 0.717) is 22.3 Å². The molecule has 24 heavy (non-hydrogen) atoms. The topological polar surface area (TPSA) is 64.4 Å². The quantitative estimate of drug-likeness (QED) is 0.493. The van der Waals surface area contributed by atoms with Crippen LogP contribution in [0.4, 0.5) is 0 Å². The van der Waals surface area contributed by atoms with Crippen LogP contribution in [-0.2, 0) is 6.61 Å². The first-order valence-corrected chi connectivity index (χ1v) is 8.29. The van der Waals surface area contributed by atoms with Gasteiger partial charge < -0.3 is 9.47 Å². The van der Waals surface area contributed by atoms with Crippen molar-refractivity contribution in [2.75, 3.05) is 7.11 Å². The molecular weight excluding hydrogens is 324 g/mol. The maximum atomic E-state index is 5.77. The first-order valence-electron chi connectivity index (χ1n) is 7.89. The van der Waals surface area contributed by atoms with Crippen LogP contribution in [0.1, 0.15) is 25.1 Å². The number of rotatable bonds is 6. The molecule has 1 N–H and O–H groups in total. The number of nitrogens with zero attached hydrogens (tertiary/aromatic N) is 3. The molecule has 0 aliphatic heterocycles. The predicted molar refractivity (Wildman–Crippen MR) is 95.1 cm³/mol. The summed E-state index contributed by atoms with van der Waals surface area (Å²) in [6.07, 6.45) is 9.58. The predicted octanol–water partition coefficient (Wildman–Crippen LogP) is 3.72. The molecule has 6 nitrogen and oxygen atoms in total. The van der Waals surface area contributed by atoms with Gasteiger partial charge in [-0.2, -0.15) is 14.9 Å². The Morgan fingerprint density at radius 3 is 3.08 bits per heavy atom. The first-order chi connectivity index (χ1) is 11.8. The second-order valence-electron chi connectivity index (χ2n) is 5.53. The van der Waals surface area contributed by atoms with Crippen LogP contribution in [0.25, 0.3) is 0 Å². The number of nitrogens with one attached hydrogen (secondary N) is 1. The number of hydrogen-bond donors (Lipinski definition) is 1. The molecule has 1 aliphatic carbocycles. The Hall–Kier alpha value is -2.41. The Balaban J connectivity index is 1.69. The Bertz CT molecular complexity index is 794. The van der Waals surface area contributed by atoms with E-state index in [-0.39, 0.29) is 6.61 Å². The van der Waals surface area contributed by atoms with Crippen molar-refractivity contribution in [3.8, 4) is 11.5 Å². The van der Waals surface area contributed by atoms with Gasteiger partial charge in [0, 0.05) is 12.3 Å². The number of allylic oxidation sites excluding steroid dienone is 2. The minimum Gasteiger partial charge on any atom is -0.497 e. The van der Waals surface area contributed by atoms with Crippen molar-refractivity contribution >= 4 is 18.4 Å². The summed E-state index contributed by atoms with van der Waals surface area (Å²) >= 11 is 5.25. The van der Waals surface area contributed by atoms with Gasteiger partial charge in [-0.05, 0) is 49.5 Å². The van der Waals surface area contributed by atoms with Crippen LogP contribution in [0, 0.1) is 10.7 Å². The summed E-state index contributed by atoms with van der Waals surface area (Å²) in [7, 11) is 1.62. The first kappa shape index (κ1) is 16.4. The number of hydrogen-bond acceptors (Lipinski definition) is 5. The molecule has 1 aliphatic rings. The summed E-state index contributed by atoms with van der Waals surface area (Å²) in [5.74, 6) is 2.52. The molecule has 0 spiro atoms. The number of methoxy groups -OCH3 is 1. The van der Waals surface area contributed by atoms with Crippen molar-refractivity contribution in [2.24, 2.45) is 11.0 Å². The van der Waals surface area contributed by atoms with Crippen LogP contribution in [0.3, 0.4) is 0 Å². The summed E-state index contributed by atoms with van der Waals surface area (Å²) in [6, 6.07) is 7.43. The van der Waals surface area contributed by atoms with Gasteiger partial charge in [0.25, 0.3) is 0 Å². The molecule has 0 saturated heterocycles. The lowest BCUT2D eigenvalue weighted by Crippen LogP contribution is -2.08. The monoisotopic (exact) mass is 344 g/mol. The van der Waals surface area contributed by atoms with Crippen LogP contribution in [0.15, 0.2) is 41.5 Å². The Morgan fingerprint density at radius 1 is 1.42 bits per heavy atom. The summed E-state index contributed by atoms with van der Waals surface area (Å²) < 4.78 is 13.0. The number of H-pyrrole nitrogens is 1. The Kier molecular flexibility index (Phi) is 5.43. The standard InChI is InChI=1S/C17H20N4O2S/c1-22-14-8-5-9-15(10-14)23-12-16-19-20-17(24)21(16)18-11-13-6-3-2-4-7-13/h2-3,5,8-11,13H,4,6-7,12H2,1H3,(H,20,24)/b18-11-/t13-/m1/s1. The second kappa shape index (κ2) is 7.92. The lowest BCUT2D eigenvalue weighted by Gasteiger charge is -2.12. The smallest absolute Gasteiger partial charge is 0.216 e. The molecule has 0 fully saturated rings. The highest BCUT2D eigenvalue weighted by Crippen LogP contribution is 2.20. The average molecular weight is 344 g/mol. The van der Waals surface area contributed by atoms with E-state index in [0.717, 1.165) is 25.0 Å². The van der Waals surface area contributed by atoms with Gasteiger partial charge in [0.2, 0.25) is 4.77 Å². The largest absolute Gasteiger partial charge is 0.497 e. The molecule has 126 valence electrons. The van der Waals surface area contributed by atoms with Crippen molar-refractivity contribution in [2.45, 2.75) is 25.9 Å². The summed E-state index contributed by atoms with van der Waals surface area (Å²) in [5, 5.41) is 11.5. The molecule has 7 heteroatoms. The summed E-state index contributed by atoms with van der Waals surface area (Å²) in [6.45, 7) is 0.266. The Morgan fingerprint density at radius 2 is 2.29 bits per heavy atom. The van der Waals surface area contributed by atoms with Crippen molar-refractivity contribution in [1.82, 2.24) is 14.9 Å². The Labute approximate surface area is 145 Å². The van der Waals surface area contributed by atoms with Crippen molar-refractivity contribution in [3.63, 3.8) is 0 Å². The van der Waals surface area contributed by atoms with Crippen molar-refractivity contribution < 1.29 is 9.47 Å². The highest BCUT2D eigenvalue weighted by Gasteiger charge is 2.09. The number of aromatic nitrogens is 3. The third-order valence-electron chi connectivity index (χ3n) is 3.83. The van der Waals surface area contributed by atoms with Crippen LogP contribution in [-0.4, -0.2) is 28.2 Å². The molecule has 3 rings (SSSR count). The van der Waals surface area contributed by atoms with E-state index >= 15 is 0 Å². The molecule has 2 aromatic rings. The lowest BCUT2D eigenvalue weighted by atomic mass is 9.96. The molecule has 1 atom stereocenters. The van der Waals surface area contributed by atoms with E-state index in [1.165, 1.54) is 0 Å². The zero-order valence-corrected chi connectivity index (χ0v) is 14.3. The minimum absolute atomic E-state index is 0.266. The molecule has 1 aromatic carbocycles. The maximum absolute atomic E-state index is 5.77. The van der Waals surface area contributed by atoms with Crippen LogP contribution >= 0.6 is 12.2 Å². The highest BCUT2D eigenvalue weighted by atomic mass is 32.1. The van der Waals surface area contributed by atoms with Gasteiger partial charge in [0.1, 0.15) is 18.1 Å². The van der Waals surface area contributed by atoms with Crippen molar-refractivity contribution in [1.29, 1.82) is 0 Å². The van der Waals surface area contributed by atoms with Crippen LogP contribution in [0.5, 0.6) is 11.5 Å². The fourth-order valence-electron chi connectivity index (χ4n) is 2.49. The molecule has 0 amide bonds. The van der Waals surface area contributed by atoms with Gasteiger partial charge in [-0.1, -0.05) is 18.2 Å². The fourth-order valence-corrected chi connectivity index (χ4v) is 2.69. The van der Waals surface area contributed by atoms with E-state index in [2.05, 4.69) is 27.5 Å². The normalized spacial score (nSPS) is 17.3. The van der Waals surface area contributed by atoms with Gasteiger partial charge >= 0.3 is 0 Å². The lowest BCUT2D eigenvalue weighted by molar-refractivity contribution is 0.288. The third kappa shape index (κ3) is 4.11. The number of aromatic amines is 1. The highest BCUT2D eigenvalue weighted by molar-refractivity contribution is 7.71. The molecule has 0 unspecified atom stereocenters. The number of benzene rings is 1. The van der Waals surface area contributed by atoms with Gasteiger partial charge in [0.15, 0.2) is 5.82 Å². The van der Waals surface area contributed by atoms with Gasteiger partial charge in [-0.25, -0.2) is 5.10 Å². The van der Waals surface area contributed by atoms with Crippen LogP contribution in [0.2, 0.25) is 0 Å². The van der Waals surface area contributed by atoms with E-state index in [4.69, 9.17) is 21.7 Å². The zero-order chi connectivity index (χ0) is 16.8. The van der Waals surface area contributed by atoms with E-state index in [1.54, 1.807) is 11.8 Å². The van der Waals surface area contributed by atoms with E-state index < -0.39 is 0 Å². The zero-order valence-electron chi connectivity index (χ0n) is 13.5. The van der Waals surface area contributed by atoms with Gasteiger partial charge in [-0.3, -0.25) is 0 Å². The number of ether oxygens (including phenoxy) is 2. The molecule has 0 bridgehead atoms. The summed E-state index contributed by atoms with van der Waals surface area (Å²) in [4.78, 5) is 0. The van der Waals surface area contributed by atoms with Crippen LogP contribution < -0.4 is 9.47 Å². The van der Waals surface area contributed by atoms with Crippen molar-refractivity contribution in [3.05, 3.63) is 47.0 Å². The SMILES string of the molecule is COc1cccc(OCc2n[nH]c(=S)n2/N=C\[C@@H]2CC=CCC2)c1. The average Bonchev–Trinajstić information content (AvgIpc) is 2.99. The molecule has 0 radical (unpaired) electrons.